The van der Waals surface area contributed by atoms with Gasteiger partial charge in [0.2, 0.25) is 0 Å². The van der Waals surface area contributed by atoms with E-state index < -0.39 is 5.97 Å². The highest BCUT2D eigenvalue weighted by Gasteiger charge is 2.01. The maximum Gasteiger partial charge on any atom is 0.335 e. The van der Waals surface area contributed by atoms with Gasteiger partial charge in [0.05, 0.1) is 5.57 Å². The first-order valence-electron chi connectivity index (χ1n) is 2.69. The van der Waals surface area contributed by atoms with Gasteiger partial charge < -0.3 is 5.11 Å². The van der Waals surface area contributed by atoms with Gasteiger partial charge >= 0.3 is 5.97 Å². The van der Waals surface area contributed by atoms with Crippen molar-refractivity contribution in [2.75, 3.05) is 0 Å². The number of hydrazone groups is 1. The Labute approximate surface area is 57.6 Å². The molecule has 0 atom stereocenters. The van der Waals surface area contributed by atoms with Crippen LogP contribution >= 0.6 is 0 Å². The summed E-state index contributed by atoms with van der Waals surface area (Å²) in [5.41, 5.74) is 2.72. The predicted octanol–water partition coefficient (Wildman–Crippen LogP) is 0.100. The number of carboxylic acid groups (broad SMARTS) is 1. The number of allylic oxidation sites excluding steroid dienone is 1. The van der Waals surface area contributed by atoms with Crippen LogP contribution in [0.2, 0.25) is 0 Å². The fourth-order valence-electron chi connectivity index (χ4n) is 0.529. The zero-order valence-electron chi connectivity index (χ0n) is 5.11. The fraction of sp³-hybridized carbons (Fsp3) is 0. The van der Waals surface area contributed by atoms with Gasteiger partial charge in [0.15, 0.2) is 0 Å². The standard InChI is InChI=1S/C6H6N2O2/c9-6(10)5-1-3-7-8-4-2-5/h1-4,7H,(H,9,10). The maximum atomic E-state index is 10.3. The van der Waals surface area contributed by atoms with E-state index >= 15 is 0 Å². The quantitative estimate of drug-likeness (QED) is 0.540. The van der Waals surface area contributed by atoms with Gasteiger partial charge in [0, 0.05) is 12.4 Å². The van der Waals surface area contributed by atoms with Crippen LogP contribution in [0.5, 0.6) is 0 Å². The monoisotopic (exact) mass is 138 g/mol. The molecule has 0 aromatic rings. The average molecular weight is 138 g/mol. The molecule has 1 aliphatic heterocycles. The van der Waals surface area contributed by atoms with Gasteiger partial charge in [-0.25, -0.2) is 4.79 Å². The van der Waals surface area contributed by atoms with Crippen molar-refractivity contribution in [1.29, 1.82) is 0 Å². The van der Waals surface area contributed by atoms with Gasteiger partial charge in [0.1, 0.15) is 0 Å². The summed E-state index contributed by atoms with van der Waals surface area (Å²) in [6, 6.07) is 0. The van der Waals surface area contributed by atoms with E-state index in [0.29, 0.717) is 0 Å². The summed E-state index contributed by atoms with van der Waals surface area (Å²) in [6.07, 6.45) is 5.71. The zero-order valence-corrected chi connectivity index (χ0v) is 5.11. The van der Waals surface area contributed by atoms with Gasteiger partial charge in [0.25, 0.3) is 0 Å². The van der Waals surface area contributed by atoms with E-state index in [-0.39, 0.29) is 5.57 Å². The molecule has 52 valence electrons. The van der Waals surface area contributed by atoms with Crippen molar-refractivity contribution in [2.24, 2.45) is 5.10 Å². The van der Waals surface area contributed by atoms with E-state index in [0.717, 1.165) is 0 Å². The minimum atomic E-state index is -0.952. The molecular formula is C6H6N2O2. The minimum absolute atomic E-state index is 0.216. The molecule has 0 fully saturated rings. The molecule has 0 spiro atoms. The lowest BCUT2D eigenvalue weighted by Gasteiger charge is -1.87. The van der Waals surface area contributed by atoms with Gasteiger partial charge in [-0.2, -0.15) is 5.10 Å². The third-order valence-electron chi connectivity index (χ3n) is 0.988. The Morgan fingerprint density at radius 1 is 1.70 bits per heavy atom. The van der Waals surface area contributed by atoms with E-state index in [2.05, 4.69) is 10.5 Å². The van der Waals surface area contributed by atoms with E-state index in [1.807, 2.05) is 0 Å². The SMILES string of the molecule is O=C(O)C1=CC=NNC=C1. The molecule has 4 nitrogen and oxygen atoms in total. The van der Waals surface area contributed by atoms with Gasteiger partial charge in [-0.05, 0) is 12.2 Å². The smallest absolute Gasteiger partial charge is 0.335 e. The van der Waals surface area contributed by atoms with Crippen LogP contribution in [0.15, 0.2) is 29.0 Å². The van der Waals surface area contributed by atoms with Gasteiger partial charge in [-0.3, -0.25) is 5.43 Å². The molecule has 0 radical (unpaired) electrons. The molecule has 2 N–H and O–H groups in total. The molecule has 0 bridgehead atoms. The van der Waals surface area contributed by atoms with Crippen LogP contribution in [0.25, 0.3) is 0 Å². The second-order valence-corrected chi connectivity index (χ2v) is 1.67. The molecular weight excluding hydrogens is 132 g/mol. The summed E-state index contributed by atoms with van der Waals surface area (Å²) in [7, 11) is 0. The van der Waals surface area contributed by atoms with Crippen LogP contribution in [-0.4, -0.2) is 17.3 Å². The van der Waals surface area contributed by atoms with Crippen molar-refractivity contribution < 1.29 is 9.90 Å². The van der Waals surface area contributed by atoms with Crippen LogP contribution in [-0.2, 0) is 4.79 Å². The zero-order chi connectivity index (χ0) is 7.40. The molecule has 4 heteroatoms. The van der Waals surface area contributed by atoms with Crippen LogP contribution in [0.4, 0.5) is 0 Å². The highest BCUT2D eigenvalue weighted by molar-refractivity contribution is 5.95. The third kappa shape index (κ3) is 1.45. The Morgan fingerprint density at radius 3 is 3.20 bits per heavy atom. The Balaban J connectivity index is 2.83. The highest BCUT2D eigenvalue weighted by atomic mass is 16.4. The molecule has 1 rings (SSSR count). The van der Waals surface area contributed by atoms with Crippen molar-refractivity contribution >= 4 is 12.2 Å². The van der Waals surface area contributed by atoms with E-state index in [1.54, 1.807) is 0 Å². The molecule has 10 heavy (non-hydrogen) atoms. The lowest BCUT2D eigenvalue weighted by molar-refractivity contribution is -0.132. The highest BCUT2D eigenvalue weighted by Crippen LogP contribution is 1.96. The largest absolute Gasteiger partial charge is 0.478 e. The third-order valence-corrected chi connectivity index (χ3v) is 0.988. The number of aliphatic carboxylic acids is 1. The van der Waals surface area contributed by atoms with Crippen molar-refractivity contribution in [2.45, 2.75) is 0 Å². The Kier molecular flexibility index (Phi) is 1.84. The number of rotatable bonds is 1. The van der Waals surface area contributed by atoms with Crippen LogP contribution in [0.3, 0.4) is 0 Å². The molecule has 0 aromatic heterocycles. The first-order valence-corrected chi connectivity index (χ1v) is 2.69. The molecule has 0 aromatic carbocycles. The second kappa shape index (κ2) is 2.82. The summed E-state index contributed by atoms with van der Waals surface area (Å²) in [4.78, 5) is 10.3. The number of carbonyl (C=O) groups is 1. The number of nitrogens with zero attached hydrogens (tertiary/aromatic N) is 1. The molecule has 0 amide bonds. The van der Waals surface area contributed by atoms with Gasteiger partial charge in [-0.1, -0.05) is 0 Å². The van der Waals surface area contributed by atoms with Crippen LogP contribution < -0.4 is 5.43 Å². The molecule has 0 aliphatic carbocycles. The lowest BCUT2D eigenvalue weighted by atomic mass is 10.2. The number of hydrogen-bond donors (Lipinski definition) is 2. The summed E-state index contributed by atoms with van der Waals surface area (Å²) >= 11 is 0. The number of nitrogens with one attached hydrogen (secondary N) is 1. The topological polar surface area (TPSA) is 61.7 Å². The van der Waals surface area contributed by atoms with Crippen molar-refractivity contribution in [3.8, 4) is 0 Å². The summed E-state index contributed by atoms with van der Waals surface area (Å²) < 4.78 is 0. The Bertz CT molecular complexity index is 228. The first-order chi connectivity index (χ1) is 4.80. The fourth-order valence-corrected chi connectivity index (χ4v) is 0.529. The van der Waals surface area contributed by atoms with E-state index in [4.69, 9.17) is 5.11 Å². The number of carboxylic acids is 1. The van der Waals surface area contributed by atoms with Crippen LogP contribution in [0, 0.1) is 0 Å². The summed E-state index contributed by atoms with van der Waals surface area (Å²) in [5, 5.41) is 12.1. The van der Waals surface area contributed by atoms with E-state index in [1.165, 1.54) is 24.6 Å². The predicted molar refractivity (Wildman–Crippen MR) is 36.5 cm³/mol. The first kappa shape index (κ1) is 6.54. The Morgan fingerprint density at radius 2 is 2.50 bits per heavy atom. The average Bonchev–Trinajstić information content (AvgIpc) is 2.12. The molecule has 0 saturated heterocycles. The normalized spacial score (nSPS) is 15.4. The van der Waals surface area contributed by atoms with Crippen molar-refractivity contribution in [3.05, 3.63) is 23.9 Å². The Hall–Kier alpha value is -1.58. The second-order valence-electron chi connectivity index (χ2n) is 1.67. The molecule has 1 heterocycles. The summed E-state index contributed by atoms with van der Waals surface area (Å²) in [6.45, 7) is 0. The minimum Gasteiger partial charge on any atom is -0.478 e. The van der Waals surface area contributed by atoms with Crippen molar-refractivity contribution in [3.63, 3.8) is 0 Å². The maximum absolute atomic E-state index is 10.3. The van der Waals surface area contributed by atoms with Crippen LogP contribution in [0.1, 0.15) is 0 Å². The molecule has 0 unspecified atom stereocenters. The van der Waals surface area contributed by atoms with Gasteiger partial charge in [-0.15, -0.1) is 0 Å². The molecule has 0 saturated carbocycles. The van der Waals surface area contributed by atoms with Crippen molar-refractivity contribution in [1.82, 2.24) is 5.43 Å². The lowest BCUT2D eigenvalue weighted by Crippen LogP contribution is -1.97. The molecule has 1 aliphatic rings. The van der Waals surface area contributed by atoms with E-state index in [9.17, 15) is 4.79 Å². The number of hydrogen-bond acceptors (Lipinski definition) is 3. The summed E-state index contributed by atoms with van der Waals surface area (Å²) in [5.74, 6) is -0.952.